The predicted octanol–water partition coefficient (Wildman–Crippen LogP) is 2.78. The SMILES string of the molecule is C=CC(=O)C1(CC)CCN(C(=O)OC(C)(C)C)C1. The van der Waals surface area contributed by atoms with E-state index in [-0.39, 0.29) is 11.9 Å². The molecular weight excluding hydrogens is 230 g/mol. The van der Waals surface area contributed by atoms with E-state index in [4.69, 9.17) is 4.74 Å². The van der Waals surface area contributed by atoms with Gasteiger partial charge in [0.05, 0.1) is 5.41 Å². The van der Waals surface area contributed by atoms with Crippen LogP contribution in [0.15, 0.2) is 12.7 Å². The summed E-state index contributed by atoms with van der Waals surface area (Å²) in [5, 5.41) is 0. The molecule has 1 rings (SSSR count). The van der Waals surface area contributed by atoms with Gasteiger partial charge in [0.2, 0.25) is 0 Å². The number of carbonyl (C=O) groups excluding carboxylic acids is 2. The summed E-state index contributed by atoms with van der Waals surface area (Å²) in [6.07, 6.45) is 2.43. The molecule has 0 saturated carbocycles. The number of hydrogen-bond acceptors (Lipinski definition) is 3. The van der Waals surface area contributed by atoms with Gasteiger partial charge in [0, 0.05) is 13.1 Å². The lowest BCUT2D eigenvalue weighted by molar-refractivity contribution is -0.123. The topological polar surface area (TPSA) is 46.6 Å². The van der Waals surface area contributed by atoms with E-state index >= 15 is 0 Å². The van der Waals surface area contributed by atoms with Gasteiger partial charge in [-0.05, 0) is 39.7 Å². The standard InChI is InChI=1S/C14H23NO3/c1-6-11(16)14(7-2)8-9-15(10-14)12(17)18-13(3,4)5/h6H,1,7-10H2,2-5H3. The molecule has 1 aliphatic heterocycles. The molecule has 1 aliphatic rings. The lowest BCUT2D eigenvalue weighted by Crippen LogP contribution is -2.38. The summed E-state index contributed by atoms with van der Waals surface area (Å²) in [5.74, 6) is 0.0241. The second-order valence-electron chi connectivity index (χ2n) is 5.85. The molecule has 0 bridgehead atoms. The minimum absolute atomic E-state index is 0.0241. The molecule has 1 atom stereocenters. The summed E-state index contributed by atoms with van der Waals surface area (Å²) < 4.78 is 5.32. The fourth-order valence-corrected chi connectivity index (χ4v) is 2.24. The van der Waals surface area contributed by atoms with E-state index in [0.717, 1.165) is 6.42 Å². The zero-order valence-corrected chi connectivity index (χ0v) is 11.8. The number of hydrogen-bond donors (Lipinski definition) is 0. The first-order valence-corrected chi connectivity index (χ1v) is 6.39. The molecule has 4 nitrogen and oxygen atoms in total. The zero-order valence-electron chi connectivity index (χ0n) is 11.8. The van der Waals surface area contributed by atoms with Crippen LogP contribution in [0.4, 0.5) is 4.79 Å². The molecule has 1 heterocycles. The van der Waals surface area contributed by atoms with Crippen LogP contribution >= 0.6 is 0 Å². The Bertz CT molecular complexity index is 357. The van der Waals surface area contributed by atoms with Crippen molar-refractivity contribution in [2.75, 3.05) is 13.1 Å². The summed E-state index contributed by atoms with van der Waals surface area (Å²) in [6.45, 7) is 12.0. The van der Waals surface area contributed by atoms with E-state index in [1.807, 2.05) is 27.7 Å². The van der Waals surface area contributed by atoms with Gasteiger partial charge in [-0.1, -0.05) is 13.5 Å². The van der Waals surface area contributed by atoms with Crippen LogP contribution in [-0.4, -0.2) is 35.5 Å². The third-order valence-corrected chi connectivity index (χ3v) is 3.39. The summed E-state index contributed by atoms with van der Waals surface area (Å²) in [7, 11) is 0. The van der Waals surface area contributed by atoms with Gasteiger partial charge in [0.15, 0.2) is 5.78 Å². The molecule has 0 aromatic rings. The van der Waals surface area contributed by atoms with E-state index in [0.29, 0.717) is 19.5 Å². The van der Waals surface area contributed by atoms with Crippen molar-refractivity contribution in [3.63, 3.8) is 0 Å². The van der Waals surface area contributed by atoms with Gasteiger partial charge in [0.25, 0.3) is 0 Å². The zero-order chi connectivity index (χ0) is 14.0. The van der Waals surface area contributed by atoms with Crippen LogP contribution in [0.2, 0.25) is 0 Å². The van der Waals surface area contributed by atoms with Crippen molar-refractivity contribution in [1.29, 1.82) is 0 Å². The predicted molar refractivity (Wildman–Crippen MR) is 70.4 cm³/mol. The average molecular weight is 253 g/mol. The number of amides is 1. The Balaban J connectivity index is 2.73. The van der Waals surface area contributed by atoms with Gasteiger partial charge in [-0.15, -0.1) is 0 Å². The van der Waals surface area contributed by atoms with Gasteiger partial charge < -0.3 is 9.64 Å². The van der Waals surface area contributed by atoms with Crippen LogP contribution in [0.3, 0.4) is 0 Å². The molecule has 0 aromatic carbocycles. The highest BCUT2D eigenvalue weighted by atomic mass is 16.6. The summed E-state index contributed by atoms with van der Waals surface area (Å²) in [5.41, 5.74) is -0.963. The fraction of sp³-hybridized carbons (Fsp3) is 0.714. The number of nitrogens with zero attached hydrogens (tertiary/aromatic N) is 1. The number of likely N-dealkylation sites (tertiary alicyclic amines) is 1. The van der Waals surface area contributed by atoms with E-state index in [9.17, 15) is 9.59 Å². The van der Waals surface area contributed by atoms with Gasteiger partial charge in [-0.25, -0.2) is 4.79 Å². The molecule has 1 unspecified atom stereocenters. The first-order chi connectivity index (χ1) is 8.24. The van der Waals surface area contributed by atoms with Gasteiger partial charge in [-0.2, -0.15) is 0 Å². The van der Waals surface area contributed by atoms with Crippen molar-refractivity contribution in [3.05, 3.63) is 12.7 Å². The number of rotatable bonds is 3. The second-order valence-corrected chi connectivity index (χ2v) is 5.85. The van der Waals surface area contributed by atoms with Crippen LogP contribution in [0.1, 0.15) is 40.5 Å². The number of allylic oxidation sites excluding steroid dienone is 1. The Kier molecular flexibility index (Phi) is 4.20. The highest BCUT2D eigenvalue weighted by molar-refractivity contribution is 5.95. The van der Waals surface area contributed by atoms with Crippen molar-refractivity contribution < 1.29 is 14.3 Å². The number of carbonyl (C=O) groups is 2. The quantitative estimate of drug-likeness (QED) is 0.727. The van der Waals surface area contributed by atoms with Crippen LogP contribution in [0, 0.1) is 5.41 Å². The monoisotopic (exact) mass is 253 g/mol. The third kappa shape index (κ3) is 3.12. The second kappa shape index (κ2) is 5.12. The first kappa shape index (κ1) is 14.7. The average Bonchev–Trinajstić information content (AvgIpc) is 2.71. The molecule has 0 spiro atoms. The minimum atomic E-state index is -0.503. The van der Waals surface area contributed by atoms with Crippen molar-refractivity contribution in [2.45, 2.75) is 46.1 Å². The Hall–Kier alpha value is -1.32. The van der Waals surface area contributed by atoms with E-state index < -0.39 is 11.0 Å². The van der Waals surface area contributed by atoms with Crippen LogP contribution in [-0.2, 0) is 9.53 Å². The van der Waals surface area contributed by atoms with Crippen molar-refractivity contribution in [3.8, 4) is 0 Å². The smallest absolute Gasteiger partial charge is 0.410 e. The maximum Gasteiger partial charge on any atom is 0.410 e. The lowest BCUT2D eigenvalue weighted by atomic mass is 9.80. The summed E-state index contributed by atoms with van der Waals surface area (Å²) >= 11 is 0. The minimum Gasteiger partial charge on any atom is -0.444 e. The number of ether oxygens (including phenoxy) is 1. The van der Waals surface area contributed by atoms with Crippen LogP contribution in [0.25, 0.3) is 0 Å². The Morgan fingerprint density at radius 1 is 1.44 bits per heavy atom. The maximum absolute atomic E-state index is 11.9. The third-order valence-electron chi connectivity index (χ3n) is 3.39. The molecule has 0 radical (unpaired) electrons. The Labute approximate surface area is 109 Å². The van der Waals surface area contributed by atoms with Gasteiger partial charge in [0.1, 0.15) is 5.60 Å². The summed E-state index contributed by atoms with van der Waals surface area (Å²) in [6, 6.07) is 0. The van der Waals surface area contributed by atoms with Crippen LogP contribution < -0.4 is 0 Å². The van der Waals surface area contributed by atoms with Crippen molar-refractivity contribution in [1.82, 2.24) is 4.90 Å². The van der Waals surface area contributed by atoms with Gasteiger partial charge in [-0.3, -0.25) is 4.79 Å². The fourth-order valence-electron chi connectivity index (χ4n) is 2.24. The molecule has 18 heavy (non-hydrogen) atoms. The van der Waals surface area contributed by atoms with Crippen LogP contribution in [0.5, 0.6) is 0 Å². The Morgan fingerprint density at radius 2 is 2.06 bits per heavy atom. The lowest BCUT2D eigenvalue weighted by Gasteiger charge is -2.27. The molecular formula is C14H23NO3. The van der Waals surface area contributed by atoms with Gasteiger partial charge >= 0.3 is 6.09 Å². The van der Waals surface area contributed by atoms with E-state index in [1.165, 1.54) is 6.08 Å². The molecule has 1 saturated heterocycles. The summed E-state index contributed by atoms with van der Waals surface area (Å²) in [4.78, 5) is 25.5. The molecule has 1 amide bonds. The molecule has 102 valence electrons. The molecule has 4 heteroatoms. The van der Waals surface area contributed by atoms with Crippen molar-refractivity contribution >= 4 is 11.9 Å². The molecule has 0 N–H and O–H groups in total. The largest absolute Gasteiger partial charge is 0.444 e. The highest BCUT2D eigenvalue weighted by Gasteiger charge is 2.44. The maximum atomic E-state index is 11.9. The van der Waals surface area contributed by atoms with E-state index in [2.05, 4.69) is 6.58 Å². The number of ketones is 1. The van der Waals surface area contributed by atoms with E-state index in [1.54, 1.807) is 4.90 Å². The molecule has 0 aromatic heterocycles. The first-order valence-electron chi connectivity index (χ1n) is 6.39. The normalized spacial score (nSPS) is 23.9. The highest BCUT2D eigenvalue weighted by Crippen LogP contribution is 2.35. The molecule has 1 fully saturated rings. The molecule has 0 aliphatic carbocycles. The van der Waals surface area contributed by atoms with Crippen molar-refractivity contribution in [2.24, 2.45) is 5.41 Å². The Morgan fingerprint density at radius 3 is 2.50 bits per heavy atom.